The summed E-state index contributed by atoms with van der Waals surface area (Å²) in [6.45, 7) is 3.19. The third-order valence-electron chi connectivity index (χ3n) is 5.93. The maximum Gasteiger partial charge on any atom is 0.354 e. The highest BCUT2D eigenvalue weighted by atomic mass is 32.2. The van der Waals surface area contributed by atoms with E-state index in [-0.39, 0.29) is 4.90 Å². The van der Waals surface area contributed by atoms with Crippen molar-refractivity contribution >= 4 is 21.6 Å². The normalized spacial score (nSPS) is 21.4. The molecule has 28 heavy (non-hydrogen) atoms. The second-order valence-electron chi connectivity index (χ2n) is 7.73. The molecule has 148 valence electrons. The third-order valence-corrected chi connectivity index (χ3v) is 7.28. The van der Waals surface area contributed by atoms with Gasteiger partial charge in [0.15, 0.2) is 9.92 Å². The second kappa shape index (κ2) is 6.31. The molecule has 3 aliphatic rings. The molecule has 3 N–H and O–H groups in total. The van der Waals surface area contributed by atoms with E-state index in [1.807, 2.05) is 0 Å². The number of nitrogens with two attached hydrogens (primary N) is 1. The predicted molar refractivity (Wildman–Crippen MR) is 105 cm³/mol. The first kappa shape index (κ1) is 17.7. The Kier molecular flexibility index (Phi) is 3.99. The maximum atomic E-state index is 13.0. The van der Waals surface area contributed by atoms with E-state index in [4.69, 9.17) is 9.88 Å². The summed E-state index contributed by atoms with van der Waals surface area (Å²) >= 11 is 0. The van der Waals surface area contributed by atoms with E-state index in [9.17, 15) is 9.00 Å². The van der Waals surface area contributed by atoms with Crippen LogP contribution >= 0.6 is 0 Å². The molecule has 2 aliphatic carbocycles. The van der Waals surface area contributed by atoms with Crippen LogP contribution in [0.15, 0.2) is 21.5 Å². The van der Waals surface area contributed by atoms with Gasteiger partial charge in [0, 0.05) is 5.69 Å². The number of aromatic nitrogens is 2. The fraction of sp³-hybridized carbons (Fsp3) is 0.474. The van der Waals surface area contributed by atoms with Gasteiger partial charge in [-0.3, -0.25) is 0 Å². The van der Waals surface area contributed by atoms with Crippen LogP contribution in [-0.2, 0) is 35.7 Å². The molecule has 1 aliphatic heterocycles. The molecule has 0 fully saturated rings. The standard InChI is InChI=1S/C19H23N5O3S/c1-11-5-6-13-9-12-3-2-4-14(12)17(16(11)13)22-19(25)23-28(20,26)15-10-21-24-7-8-27-18(15)24/h9-11H,2-8H2,1H3,(H3,20,22,23,25,26)/t11-,28?/m0/s1. The molecule has 0 saturated carbocycles. The Hall–Kier alpha value is -2.39. The van der Waals surface area contributed by atoms with Gasteiger partial charge in [-0.25, -0.2) is 18.8 Å². The van der Waals surface area contributed by atoms with Gasteiger partial charge in [-0.15, -0.1) is 4.36 Å². The van der Waals surface area contributed by atoms with Crippen molar-refractivity contribution in [1.82, 2.24) is 9.78 Å². The molecule has 0 bridgehead atoms. The number of hydrogen-bond donors (Lipinski definition) is 2. The number of anilines is 1. The van der Waals surface area contributed by atoms with E-state index >= 15 is 0 Å². The zero-order chi connectivity index (χ0) is 19.5. The van der Waals surface area contributed by atoms with Crippen LogP contribution in [0.4, 0.5) is 10.5 Å². The van der Waals surface area contributed by atoms with E-state index < -0.39 is 15.9 Å². The zero-order valence-electron chi connectivity index (χ0n) is 15.7. The monoisotopic (exact) mass is 401 g/mol. The summed E-state index contributed by atoms with van der Waals surface area (Å²) in [4.78, 5) is 12.9. The summed E-state index contributed by atoms with van der Waals surface area (Å²) in [5.41, 5.74) is 5.85. The fourth-order valence-electron chi connectivity index (χ4n) is 4.65. The summed E-state index contributed by atoms with van der Waals surface area (Å²) in [7, 11) is -3.45. The molecule has 0 spiro atoms. The maximum absolute atomic E-state index is 13.0. The lowest BCUT2D eigenvalue weighted by molar-refractivity contribution is 0.260. The summed E-state index contributed by atoms with van der Waals surface area (Å²) in [5.74, 6) is 0.713. The van der Waals surface area contributed by atoms with Crippen LogP contribution in [-0.4, -0.2) is 26.6 Å². The van der Waals surface area contributed by atoms with Crippen molar-refractivity contribution in [3.63, 3.8) is 0 Å². The lowest BCUT2D eigenvalue weighted by Crippen LogP contribution is -2.19. The number of rotatable bonds is 2. The topological polar surface area (TPSA) is 112 Å². The van der Waals surface area contributed by atoms with Crippen molar-refractivity contribution in [2.24, 2.45) is 9.50 Å². The van der Waals surface area contributed by atoms with Crippen molar-refractivity contribution in [3.8, 4) is 5.88 Å². The minimum Gasteiger partial charge on any atom is -0.475 e. The molecular weight excluding hydrogens is 378 g/mol. The number of aryl methyl sites for hydroxylation is 2. The van der Waals surface area contributed by atoms with E-state index in [0.29, 0.717) is 24.9 Å². The Morgan fingerprint density at radius 2 is 2.25 bits per heavy atom. The molecule has 9 heteroatoms. The summed E-state index contributed by atoms with van der Waals surface area (Å²) in [6.07, 6.45) is 6.52. The predicted octanol–water partition coefficient (Wildman–Crippen LogP) is 2.75. The van der Waals surface area contributed by atoms with Crippen LogP contribution in [0.2, 0.25) is 0 Å². The fourth-order valence-corrected chi connectivity index (χ4v) is 5.65. The smallest absolute Gasteiger partial charge is 0.354 e. The molecule has 1 unspecified atom stereocenters. The van der Waals surface area contributed by atoms with Gasteiger partial charge in [0.2, 0.25) is 5.88 Å². The van der Waals surface area contributed by atoms with Gasteiger partial charge in [0.05, 0.1) is 12.7 Å². The molecule has 1 aromatic heterocycles. The molecule has 0 saturated heterocycles. The van der Waals surface area contributed by atoms with Gasteiger partial charge in [-0.1, -0.05) is 13.0 Å². The van der Waals surface area contributed by atoms with Crippen LogP contribution in [0.25, 0.3) is 0 Å². The van der Waals surface area contributed by atoms with Gasteiger partial charge in [0.25, 0.3) is 0 Å². The minimum atomic E-state index is -3.45. The number of fused-ring (bicyclic) bond motifs is 3. The average Bonchev–Trinajstić information content (AvgIpc) is 3.37. The number of nitrogens with one attached hydrogen (secondary N) is 1. The number of nitrogens with zero attached hydrogens (tertiary/aromatic N) is 3. The molecule has 2 atom stereocenters. The van der Waals surface area contributed by atoms with Crippen molar-refractivity contribution in [1.29, 1.82) is 0 Å². The number of carbonyl (C=O) groups is 1. The second-order valence-corrected chi connectivity index (χ2v) is 9.49. The van der Waals surface area contributed by atoms with Crippen molar-refractivity contribution in [2.75, 3.05) is 11.9 Å². The van der Waals surface area contributed by atoms with Crippen molar-refractivity contribution in [3.05, 3.63) is 34.5 Å². The summed E-state index contributed by atoms with van der Waals surface area (Å²) in [6, 6.07) is 1.61. The summed E-state index contributed by atoms with van der Waals surface area (Å²) in [5, 5.41) is 13.0. The number of benzene rings is 1. The number of amides is 2. The van der Waals surface area contributed by atoms with Gasteiger partial charge in [0.1, 0.15) is 11.5 Å². The number of carbonyl (C=O) groups excluding carboxylic acids is 1. The Morgan fingerprint density at radius 1 is 1.39 bits per heavy atom. The highest BCUT2D eigenvalue weighted by molar-refractivity contribution is 7.91. The molecule has 1 aromatic carbocycles. The summed E-state index contributed by atoms with van der Waals surface area (Å²) < 4.78 is 23.8. The Balaban J connectivity index is 1.51. The molecular formula is C19H23N5O3S. The van der Waals surface area contributed by atoms with Crippen LogP contribution in [0.1, 0.15) is 47.9 Å². The number of ether oxygens (including phenoxy) is 1. The molecule has 2 heterocycles. The highest BCUT2D eigenvalue weighted by Gasteiger charge is 2.30. The molecule has 2 aromatic rings. The van der Waals surface area contributed by atoms with Crippen molar-refractivity contribution in [2.45, 2.75) is 56.4 Å². The van der Waals surface area contributed by atoms with Gasteiger partial charge < -0.3 is 10.1 Å². The Bertz CT molecular complexity index is 1110. The number of urea groups is 1. The van der Waals surface area contributed by atoms with E-state index in [2.05, 4.69) is 27.8 Å². The first-order valence-electron chi connectivity index (χ1n) is 9.66. The molecule has 8 nitrogen and oxygen atoms in total. The molecule has 0 radical (unpaired) electrons. The van der Waals surface area contributed by atoms with Gasteiger partial charge >= 0.3 is 6.03 Å². The van der Waals surface area contributed by atoms with E-state index in [1.54, 1.807) is 4.68 Å². The molecule has 2 amide bonds. The van der Waals surface area contributed by atoms with Gasteiger partial charge in [-0.2, -0.15) is 5.10 Å². The number of hydrogen-bond acceptors (Lipinski definition) is 4. The average molecular weight is 401 g/mol. The van der Waals surface area contributed by atoms with Crippen LogP contribution in [0, 0.1) is 0 Å². The lowest BCUT2D eigenvalue weighted by atomic mass is 9.95. The Labute approximate surface area is 163 Å². The zero-order valence-corrected chi connectivity index (χ0v) is 16.6. The lowest BCUT2D eigenvalue weighted by Gasteiger charge is -2.17. The van der Waals surface area contributed by atoms with Crippen LogP contribution < -0.4 is 15.2 Å². The van der Waals surface area contributed by atoms with Crippen molar-refractivity contribution < 1.29 is 13.7 Å². The third kappa shape index (κ3) is 2.72. The van der Waals surface area contributed by atoms with Gasteiger partial charge in [-0.05, 0) is 60.3 Å². The largest absolute Gasteiger partial charge is 0.475 e. The molecule has 5 rings (SSSR count). The van der Waals surface area contributed by atoms with E-state index in [1.165, 1.54) is 28.5 Å². The first-order chi connectivity index (χ1) is 13.4. The first-order valence-corrected chi connectivity index (χ1v) is 11.2. The quantitative estimate of drug-likeness (QED) is 0.806. The van der Waals surface area contributed by atoms with E-state index in [0.717, 1.165) is 37.8 Å². The van der Waals surface area contributed by atoms with Crippen LogP contribution in [0.3, 0.4) is 0 Å². The minimum absolute atomic E-state index is 0.164. The van der Waals surface area contributed by atoms with Crippen LogP contribution in [0.5, 0.6) is 5.88 Å². The Morgan fingerprint density at radius 3 is 3.11 bits per heavy atom. The SMILES string of the molecule is C[C@H]1CCc2cc3c(c(NC(=O)N=S(N)(=O)c4cnn5c4OCC5)c21)CCC3. The highest BCUT2D eigenvalue weighted by Crippen LogP contribution is 2.44.